The molecule has 4 heteroatoms. The van der Waals surface area contributed by atoms with Gasteiger partial charge in [-0.3, -0.25) is 0 Å². The van der Waals surface area contributed by atoms with Crippen molar-refractivity contribution in [3.8, 4) is 5.75 Å². The predicted octanol–water partition coefficient (Wildman–Crippen LogP) is 2.28. The summed E-state index contributed by atoms with van der Waals surface area (Å²) in [6, 6.07) is 3.04. The van der Waals surface area contributed by atoms with E-state index in [0.29, 0.717) is 6.54 Å². The summed E-state index contributed by atoms with van der Waals surface area (Å²) < 4.78 is 13.4. The molecule has 0 heterocycles. The monoisotopic (exact) mass is 259 g/mol. The number of rotatable bonds is 2. The third-order valence-corrected chi connectivity index (χ3v) is 3.65. The van der Waals surface area contributed by atoms with Gasteiger partial charge in [0.25, 0.3) is 0 Å². The number of hydrogen-bond donors (Lipinski definition) is 2. The van der Waals surface area contributed by atoms with Gasteiger partial charge in [-0.15, -0.1) is 0 Å². The van der Waals surface area contributed by atoms with Crippen LogP contribution < -0.4 is 5.73 Å². The maximum atomic E-state index is 13.3. The normalized spacial score (nSPS) is 18.2. The molecule has 1 aromatic rings. The van der Waals surface area contributed by atoms with Crippen LogP contribution >= 0.6 is 15.9 Å². The first kappa shape index (κ1) is 9.93. The van der Waals surface area contributed by atoms with Crippen LogP contribution in [0.5, 0.6) is 5.75 Å². The van der Waals surface area contributed by atoms with Crippen LogP contribution in [0.25, 0.3) is 0 Å². The molecule has 1 saturated carbocycles. The van der Waals surface area contributed by atoms with Crippen molar-refractivity contribution in [3.63, 3.8) is 0 Å². The van der Waals surface area contributed by atoms with Gasteiger partial charge in [-0.1, -0.05) is 0 Å². The molecule has 0 aromatic heterocycles. The highest BCUT2D eigenvalue weighted by Crippen LogP contribution is 2.48. The largest absolute Gasteiger partial charge is 0.507 e. The molecule has 1 fully saturated rings. The Bertz CT molecular complexity index is 353. The second-order valence-corrected chi connectivity index (χ2v) is 4.57. The number of aromatic hydroxyl groups is 1. The highest BCUT2D eigenvalue weighted by molar-refractivity contribution is 9.10. The molecule has 0 radical (unpaired) electrons. The van der Waals surface area contributed by atoms with Gasteiger partial charge in [0.05, 0.1) is 4.47 Å². The summed E-state index contributed by atoms with van der Waals surface area (Å²) in [5, 5.41) is 9.44. The standard InChI is InChI=1S/C10H11BrFNO/c11-9-7(12)3-6(4-8(9)14)10(5-13)1-2-10/h3-4,14H,1-2,5,13H2. The second kappa shape index (κ2) is 3.21. The lowest BCUT2D eigenvalue weighted by atomic mass is 9.96. The summed E-state index contributed by atoms with van der Waals surface area (Å²) in [5.41, 5.74) is 6.34. The molecule has 14 heavy (non-hydrogen) atoms. The van der Waals surface area contributed by atoms with Crippen molar-refractivity contribution in [3.05, 3.63) is 28.0 Å². The van der Waals surface area contributed by atoms with E-state index in [2.05, 4.69) is 15.9 Å². The molecule has 76 valence electrons. The van der Waals surface area contributed by atoms with Gasteiger partial charge in [-0.25, -0.2) is 4.39 Å². The highest BCUT2D eigenvalue weighted by Gasteiger charge is 2.43. The third-order valence-electron chi connectivity index (χ3n) is 2.87. The predicted molar refractivity (Wildman–Crippen MR) is 55.7 cm³/mol. The van der Waals surface area contributed by atoms with E-state index >= 15 is 0 Å². The summed E-state index contributed by atoms with van der Waals surface area (Å²) in [6.45, 7) is 0.507. The zero-order chi connectivity index (χ0) is 10.3. The van der Waals surface area contributed by atoms with Crippen LogP contribution in [-0.2, 0) is 5.41 Å². The van der Waals surface area contributed by atoms with E-state index in [0.717, 1.165) is 18.4 Å². The first-order chi connectivity index (χ1) is 6.59. The van der Waals surface area contributed by atoms with Crippen LogP contribution in [0.15, 0.2) is 16.6 Å². The molecule has 0 unspecified atom stereocenters. The van der Waals surface area contributed by atoms with Crippen molar-refractivity contribution in [2.45, 2.75) is 18.3 Å². The Labute approximate surface area is 90.1 Å². The maximum absolute atomic E-state index is 13.3. The highest BCUT2D eigenvalue weighted by atomic mass is 79.9. The van der Waals surface area contributed by atoms with Crippen molar-refractivity contribution >= 4 is 15.9 Å². The second-order valence-electron chi connectivity index (χ2n) is 3.78. The van der Waals surface area contributed by atoms with E-state index in [1.54, 1.807) is 6.07 Å². The number of phenols is 1. The summed E-state index contributed by atoms with van der Waals surface area (Å²) in [5.74, 6) is -0.487. The van der Waals surface area contributed by atoms with E-state index in [1.165, 1.54) is 6.07 Å². The molecule has 3 N–H and O–H groups in total. The van der Waals surface area contributed by atoms with Crippen LogP contribution in [0.2, 0.25) is 0 Å². The Morgan fingerprint density at radius 1 is 1.50 bits per heavy atom. The molecule has 0 atom stereocenters. The van der Waals surface area contributed by atoms with Crippen LogP contribution in [0.1, 0.15) is 18.4 Å². The minimum atomic E-state index is -0.431. The van der Waals surface area contributed by atoms with E-state index < -0.39 is 5.82 Å². The van der Waals surface area contributed by atoms with Crippen molar-refractivity contribution in [1.29, 1.82) is 0 Å². The van der Waals surface area contributed by atoms with E-state index in [-0.39, 0.29) is 15.6 Å². The third kappa shape index (κ3) is 1.42. The van der Waals surface area contributed by atoms with Gasteiger partial charge in [0, 0.05) is 12.0 Å². The molecule has 1 aromatic carbocycles. The SMILES string of the molecule is NCC1(c2cc(O)c(Br)c(F)c2)CC1. The van der Waals surface area contributed by atoms with Crippen molar-refractivity contribution in [2.24, 2.45) is 5.73 Å². The topological polar surface area (TPSA) is 46.2 Å². The molecule has 1 aliphatic rings. The van der Waals surface area contributed by atoms with Gasteiger partial charge >= 0.3 is 0 Å². The van der Waals surface area contributed by atoms with E-state index in [4.69, 9.17) is 5.73 Å². The van der Waals surface area contributed by atoms with Crippen molar-refractivity contribution in [2.75, 3.05) is 6.54 Å². The van der Waals surface area contributed by atoms with E-state index in [9.17, 15) is 9.50 Å². The molecule has 0 amide bonds. The van der Waals surface area contributed by atoms with Gasteiger partial charge < -0.3 is 10.8 Å². The van der Waals surface area contributed by atoms with Gasteiger partial charge in [0.1, 0.15) is 11.6 Å². The first-order valence-electron chi connectivity index (χ1n) is 4.48. The molecule has 0 spiro atoms. The lowest BCUT2D eigenvalue weighted by Crippen LogP contribution is -2.19. The smallest absolute Gasteiger partial charge is 0.141 e. The molecule has 1 aliphatic carbocycles. The van der Waals surface area contributed by atoms with Gasteiger partial charge in [-0.05, 0) is 46.5 Å². The fraction of sp³-hybridized carbons (Fsp3) is 0.400. The summed E-state index contributed by atoms with van der Waals surface area (Å²) in [7, 11) is 0. The van der Waals surface area contributed by atoms with Gasteiger partial charge in [0.15, 0.2) is 0 Å². The first-order valence-corrected chi connectivity index (χ1v) is 5.27. The summed E-state index contributed by atoms with van der Waals surface area (Å²) in [6.07, 6.45) is 1.95. The average molecular weight is 260 g/mol. The van der Waals surface area contributed by atoms with Crippen molar-refractivity contribution in [1.82, 2.24) is 0 Å². The van der Waals surface area contributed by atoms with Gasteiger partial charge in [0.2, 0.25) is 0 Å². The minimum absolute atomic E-state index is 0.0558. The number of phenolic OH excluding ortho intramolecular Hbond substituents is 1. The average Bonchev–Trinajstić information content (AvgIpc) is 2.94. The molecular weight excluding hydrogens is 249 g/mol. The van der Waals surface area contributed by atoms with Crippen LogP contribution in [-0.4, -0.2) is 11.7 Å². The van der Waals surface area contributed by atoms with Crippen LogP contribution in [0, 0.1) is 5.82 Å². The lowest BCUT2D eigenvalue weighted by Gasteiger charge is -2.13. The van der Waals surface area contributed by atoms with Crippen LogP contribution in [0.3, 0.4) is 0 Å². The molecule has 0 bridgehead atoms. The summed E-state index contributed by atoms with van der Waals surface area (Å²) in [4.78, 5) is 0. The quantitative estimate of drug-likeness (QED) is 0.856. The summed E-state index contributed by atoms with van der Waals surface area (Å²) >= 11 is 2.97. The molecule has 0 saturated heterocycles. The Hall–Kier alpha value is -0.610. The number of hydrogen-bond acceptors (Lipinski definition) is 2. The fourth-order valence-corrected chi connectivity index (χ4v) is 1.87. The van der Waals surface area contributed by atoms with Crippen LogP contribution in [0.4, 0.5) is 4.39 Å². The lowest BCUT2D eigenvalue weighted by molar-refractivity contribution is 0.461. The molecular formula is C10H11BrFNO. The Morgan fingerprint density at radius 2 is 2.14 bits per heavy atom. The molecule has 2 nitrogen and oxygen atoms in total. The Balaban J connectivity index is 2.46. The minimum Gasteiger partial charge on any atom is -0.507 e. The number of halogens is 2. The van der Waals surface area contributed by atoms with E-state index in [1.807, 2.05) is 0 Å². The Morgan fingerprint density at radius 3 is 2.57 bits per heavy atom. The Kier molecular flexibility index (Phi) is 2.27. The zero-order valence-electron chi connectivity index (χ0n) is 7.56. The number of benzene rings is 1. The molecule has 0 aliphatic heterocycles. The zero-order valence-corrected chi connectivity index (χ0v) is 9.14. The molecule has 2 rings (SSSR count). The maximum Gasteiger partial charge on any atom is 0.141 e. The van der Waals surface area contributed by atoms with Crippen molar-refractivity contribution < 1.29 is 9.50 Å². The fourth-order valence-electron chi connectivity index (χ4n) is 1.64. The number of nitrogens with two attached hydrogens (primary N) is 1. The van der Waals surface area contributed by atoms with Gasteiger partial charge in [-0.2, -0.15) is 0 Å².